The summed E-state index contributed by atoms with van der Waals surface area (Å²) in [5.41, 5.74) is 12.5. The molecule has 0 aliphatic heterocycles. The van der Waals surface area contributed by atoms with Gasteiger partial charge >= 0.3 is 0 Å². The van der Waals surface area contributed by atoms with Gasteiger partial charge in [0.1, 0.15) is 0 Å². The molecular formula is C29H37N3. The largest absolute Gasteiger partial charge is 0.354 e. The Labute approximate surface area is 193 Å². The van der Waals surface area contributed by atoms with E-state index in [0.29, 0.717) is 5.41 Å². The van der Waals surface area contributed by atoms with Crippen molar-refractivity contribution in [3.63, 3.8) is 0 Å². The van der Waals surface area contributed by atoms with E-state index in [4.69, 9.17) is 9.97 Å². The molecule has 1 aromatic heterocycles. The topological polar surface area (TPSA) is 37.8 Å². The van der Waals surface area contributed by atoms with Crippen LogP contribution >= 0.6 is 0 Å². The first-order chi connectivity index (χ1) is 15.2. The van der Waals surface area contributed by atoms with Crippen molar-refractivity contribution < 1.29 is 0 Å². The summed E-state index contributed by atoms with van der Waals surface area (Å²) in [6.07, 6.45) is 5.13. The van der Waals surface area contributed by atoms with Crippen LogP contribution in [0.1, 0.15) is 66.0 Å². The molecule has 0 spiro atoms. The molecule has 0 unspecified atom stereocenters. The fraction of sp³-hybridized carbons (Fsp3) is 0.448. The van der Waals surface area contributed by atoms with E-state index in [1.165, 1.54) is 70.2 Å². The number of nitrogens with zero attached hydrogens (tertiary/aromatic N) is 2. The molecule has 3 aromatic rings. The van der Waals surface area contributed by atoms with Gasteiger partial charge in [0.15, 0.2) is 0 Å². The van der Waals surface area contributed by atoms with Crippen molar-refractivity contribution >= 4 is 5.95 Å². The van der Waals surface area contributed by atoms with Crippen LogP contribution in [-0.2, 0) is 0 Å². The van der Waals surface area contributed by atoms with E-state index in [0.717, 1.165) is 23.9 Å². The fourth-order valence-electron chi connectivity index (χ4n) is 5.44. The van der Waals surface area contributed by atoms with Gasteiger partial charge in [0.05, 0.1) is 11.4 Å². The molecule has 3 nitrogen and oxygen atoms in total. The van der Waals surface area contributed by atoms with E-state index in [9.17, 15) is 0 Å². The van der Waals surface area contributed by atoms with Crippen molar-refractivity contribution in [3.05, 3.63) is 63.7 Å². The number of hydrogen-bond donors (Lipinski definition) is 1. The lowest BCUT2D eigenvalue weighted by Gasteiger charge is -2.18. The molecule has 1 N–H and O–H groups in total. The van der Waals surface area contributed by atoms with E-state index >= 15 is 0 Å². The minimum absolute atomic E-state index is 0.444. The summed E-state index contributed by atoms with van der Waals surface area (Å²) in [5, 5.41) is 3.63. The second-order valence-electron chi connectivity index (χ2n) is 10.1. The van der Waals surface area contributed by atoms with Gasteiger partial charge in [-0.05, 0) is 94.5 Å². The predicted octanol–water partition coefficient (Wildman–Crippen LogP) is 7.65. The average Bonchev–Trinajstić information content (AvgIpc) is 3.45. The van der Waals surface area contributed by atoms with Crippen molar-refractivity contribution in [1.29, 1.82) is 0 Å². The molecule has 168 valence electrons. The summed E-state index contributed by atoms with van der Waals surface area (Å²) in [6, 6.07) is 11.2. The number of benzene rings is 2. The molecule has 0 amide bonds. The Kier molecular flexibility index (Phi) is 6.11. The SMILES string of the molecule is CCCC1(CNc2nc(-c3c(C)cc(C)cc3C)cc(-c3c(C)cc(C)cc3C)n2)CC1. The van der Waals surface area contributed by atoms with Gasteiger partial charge < -0.3 is 5.32 Å². The van der Waals surface area contributed by atoms with Gasteiger partial charge in [0.2, 0.25) is 5.95 Å². The van der Waals surface area contributed by atoms with Gasteiger partial charge in [-0.25, -0.2) is 9.97 Å². The summed E-state index contributed by atoms with van der Waals surface area (Å²) in [6.45, 7) is 16.3. The Morgan fingerprint density at radius 2 is 1.16 bits per heavy atom. The van der Waals surface area contributed by atoms with Gasteiger partial charge in [-0.3, -0.25) is 0 Å². The lowest BCUT2D eigenvalue weighted by Crippen LogP contribution is -2.17. The fourth-order valence-corrected chi connectivity index (χ4v) is 5.44. The summed E-state index contributed by atoms with van der Waals surface area (Å²) < 4.78 is 0. The molecule has 2 aromatic carbocycles. The Balaban J connectivity index is 1.83. The molecule has 0 saturated heterocycles. The first kappa shape index (κ1) is 22.5. The molecule has 0 bridgehead atoms. The van der Waals surface area contributed by atoms with E-state index in [-0.39, 0.29) is 0 Å². The van der Waals surface area contributed by atoms with E-state index < -0.39 is 0 Å². The summed E-state index contributed by atoms with van der Waals surface area (Å²) in [5.74, 6) is 0.749. The Bertz CT molecular complexity index is 1030. The van der Waals surface area contributed by atoms with Gasteiger partial charge in [-0.1, -0.05) is 48.7 Å². The Morgan fingerprint density at radius 3 is 1.53 bits per heavy atom. The van der Waals surface area contributed by atoms with Gasteiger partial charge in [0.25, 0.3) is 0 Å². The molecule has 32 heavy (non-hydrogen) atoms. The molecular weight excluding hydrogens is 390 g/mol. The summed E-state index contributed by atoms with van der Waals surface area (Å²) in [4.78, 5) is 10.1. The van der Waals surface area contributed by atoms with Crippen LogP contribution in [0.25, 0.3) is 22.5 Å². The molecule has 0 radical (unpaired) electrons. The first-order valence-corrected chi connectivity index (χ1v) is 12.0. The molecule has 4 rings (SSSR count). The maximum absolute atomic E-state index is 5.03. The Hall–Kier alpha value is -2.68. The quantitative estimate of drug-likeness (QED) is 0.421. The summed E-state index contributed by atoms with van der Waals surface area (Å²) >= 11 is 0. The highest BCUT2D eigenvalue weighted by Gasteiger charge is 2.41. The van der Waals surface area contributed by atoms with Crippen LogP contribution in [0.4, 0.5) is 5.95 Å². The van der Waals surface area contributed by atoms with E-state index in [1.807, 2.05) is 0 Å². The first-order valence-electron chi connectivity index (χ1n) is 12.0. The molecule has 1 saturated carbocycles. The zero-order chi connectivity index (χ0) is 23.0. The van der Waals surface area contributed by atoms with Crippen LogP contribution < -0.4 is 5.32 Å². The second-order valence-corrected chi connectivity index (χ2v) is 10.1. The van der Waals surface area contributed by atoms with Crippen LogP contribution in [0.2, 0.25) is 0 Å². The van der Waals surface area contributed by atoms with Gasteiger partial charge in [0, 0.05) is 17.7 Å². The van der Waals surface area contributed by atoms with Crippen LogP contribution in [-0.4, -0.2) is 16.5 Å². The Morgan fingerprint density at radius 1 is 0.719 bits per heavy atom. The third-order valence-corrected chi connectivity index (χ3v) is 6.95. The number of hydrogen-bond acceptors (Lipinski definition) is 3. The standard InChI is InChI=1S/C29H37N3/c1-8-9-29(10-11-29)17-30-28-31-24(26-20(4)12-18(2)13-21(26)5)16-25(32-28)27-22(6)14-19(3)15-23(27)7/h12-16H,8-11,17H2,1-7H3,(H,30,31,32). The van der Waals surface area contributed by atoms with Crippen LogP contribution in [0.3, 0.4) is 0 Å². The lowest BCUT2D eigenvalue weighted by atomic mass is 9.94. The predicted molar refractivity (Wildman–Crippen MR) is 136 cm³/mol. The second kappa shape index (κ2) is 8.69. The summed E-state index contributed by atoms with van der Waals surface area (Å²) in [7, 11) is 0. The van der Waals surface area contributed by atoms with Crippen LogP contribution in [0, 0.1) is 47.0 Å². The average molecular weight is 428 g/mol. The van der Waals surface area contributed by atoms with E-state index in [1.54, 1.807) is 0 Å². The minimum Gasteiger partial charge on any atom is -0.354 e. The zero-order valence-corrected chi connectivity index (χ0v) is 20.8. The van der Waals surface area contributed by atoms with Crippen LogP contribution in [0.5, 0.6) is 0 Å². The normalized spacial score (nSPS) is 14.5. The van der Waals surface area contributed by atoms with Crippen molar-refractivity contribution in [1.82, 2.24) is 9.97 Å². The number of rotatable bonds is 7. The maximum atomic E-state index is 5.03. The van der Waals surface area contributed by atoms with Gasteiger partial charge in [-0.15, -0.1) is 0 Å². The molecule has 0 atom stereocenters. The highest BCUT2D eigenvalue weighted by atomic mass is 15.1. The van der Waals surface area contributed by atoms with Gasteiger partial charge in [-0.2, -0.15) is 0 Å². The van der Waals surface area contributed by atoms with E-state index in [2.05, 4.69) is 84.1 Å². The third-order valence-electron chi connectivity index (χ3n) is 6.95. The number of nitrogens with one attached hydrogen (secondary N) is 1. The van der Waals surface area contributed by atoms with Crippen molar-refractivity contribution in [2.45, 2.75) is 74.1 Å². The third kappa shape index (κ3) is 4.57. The molecule has 1 fully saturated rings. The highest BCUT2D eigenvalue weighted by molar-refractivity contribution is 5.76. The lowest BCUT2D eigenvalue weighted by molar-refractivity contribution is 0.484. The maximum Gasteiger partial charge on any atom is 0.223 e. The van der Waals surface area contributed by atoms with Crippen molar-refractivity contribution in [3.8, 4) is 22.5 Å². The molecule has 1 heterocycles. The van der Waals surface area contributed by atoms with Crippen LogP contribution in [0.15, 0.2) is 30.3 Å². The number of anilines is 1. The van der Waals surface area contributed by atoms with Crippen molar-refractivity contribution in [2.24, 2.45) is 5.41 Å². The van der Waals surface area contributed by atoms with Crippen molar-refractivity contribution in [2.75, 3.05) is 11.9 Å². The monoisotopic (exact) mass is 427 g/mol. The number of aromatic nitrogens is 2. The minimum atomic E-state index is 0.444. The smallest absolute Gasteiger partial charge is 0.223 e. The highest BCUT2D eigenvalue weighted by Crippen LogP contribution is 2.49. The number of aryl methyl sites for hydroxylation is 6. The molecule has 1 aliphatic rings. The zero-order valence-electron chi connectivity index (χ0n) is 20.8. The molecule has 1 aliphatic carbocycles. The molecule has 3 heteroatoms.